The normalized spacial score (nSPS) is 13.5. The van der Waals surface area contributed by atoms with Crippen LogP contribution in [0.25, 0.3) is 0 Å². The standard InChI is InChI=1S/C13H27NO5S.C13H22O2Si/c1-6-13(2,3)12(15)19-10-9-14(4,5)8-7-11-20(16,17)18;1-6-11(2)12-7-9-13(10-8-12)16(5,14-3)15-4/h6-11H2,1-5H3;7-11H,6H2,1-5H3. The van der Waals surface area contributed by atoms with Gasteiger partial charge in [-0.3, -0.25) is 4.79 Å². The second-order valence-electron chi connectivity index (χ2n) is 10.7. The zero-order valence-corrected chi connectivity index (χ0v) is 25.9. The molecular weight excluding hydrogens is 498 g/mol. The number of rotatable bonds is 14. The largest absolute Gasteiger partial charge is 0.748 e. The van der Waals surface area contributed by atoms with Crippen LogP contribution in [0.1, 0.15) is 65.4 Å². The maximum atomic E-state index is 11.8. The molecule has 0 fully saturated rings. The molecule has 0 bridgehead atoms. The number of quaternary nitrogens is 1. The van der Waals surface area contributed by atoms with E-state index in [1.807, 2.05) is 34.9 Å². The summed E-state index contributed by atoms with van der Waals surface area (Å²) >= 11 is 0. The van der Waals surface area contributed by atoms with Gasteiger partial charge in [0.05, 0.1) is 36.2 Å². The first-order valence-electron chi connectivity index (χ1n) is 12.6. The van der Waals surface area contributed by atoms with Crippen LogP contribution in [0.5, 0.6) is 0 Å². The Morgan fingerprint density at radius 1 is 1.08 bits per heavy atom. The Morgan fingerprint density at radius 3 is 2.03 bits per heavy atom. The van der Waals surface area contributed by atoms with Crippen LogP contribution in [0.2, 0.25) is 6.55 Å². The highest BCUT2D eigenvalue weighted by molar-refractivity contribution is 7.85. The molecule has 36 heavy (non-hydrogen) atoms. The number of hydrogen-bond donors (Lipinski definition) is 0. The Balaban J connectivity index is 0.000000696. The first-order chi connectivity index (χ1) is 16.5. The summed E-state index contributed by atoms with van der Waals surface area (Å²) in [7, 11) is 0.977. The molecule has 0 aliphatic rings. The van der Waals surface area contributed by atoms with E-state index in [1.165, 1.54) is 17.2 Å². The first-order valence-corrected chi connectivity index (χ1v) is 16.5. The first kappa shape index (κ1) is 34.7. The molecule has 210 valence electrons. The van der Waals surface area contributed by atoms with Crippen molar-refractivity contribution in [2.75, 3.05) is 53.8 Å². The number of esters is 1. The van der Waals surface area contributed by atoms with Crippen LogP contribution in [0.3, 0.4) is 0 Å². The number of nitrogens with zero attached hydrogens (tertiary/aromatic N) is 1. The highest BCUT2D eigenvalue weighted by atomic mass is 32.2. The zero-order chi connectivity index (χ0) is 28.2. The van der Waals surface area contributed by atoms with Crippen LogP contribution in [-0.4, -0.2) is 85.7 Å². The lowest BCUT2D eigenvalue weighted by Gasteiger charge is -2.30. The Kier molecular flexibility index (Phi) is 14.6. The fourth-order valence-corrected chi connectivity index (χ4v) is 5.07. The van der Waals surface area contributed by atoms with Crippen molar-refractivity contribution < 1.29 is 35.8 Å². The maximum absolute atomic E-state index is 11.8. The molecule has 1 rings (SSSR count). The monoisotopic (exact) mass is 547 g/mol. The van der Waals surface area contributed by atoms with Crippen molar-refractivity contribution in [3.8, 4) is 0 Å². The number of hydrogen-bond acceptors (Lipinski definition) is 7. The van der Waals surface area contributed by atoms with Gasteiger partial charge in [-0.15, -0.1) is 0 Å². The van der Waals surface area contributed by atoms with Gasteiger partial charge in [-0.25, -0.2) is 8.42 Å². The second-order valence-corrected chi connectivity index (χ2v) is 15.5. The van der Waals surface area contributed by atoms with Gasteiger partial charge in [0.25, 0.3) is 0 Å². The molecule has 0 spiro atoms. The molecule has 1 aromatic carbocycles. The summed E-state index contributed by atoms with van der Waals surface area (Å²) in [6, 6.07) is 8.65. The lowest BCUT2D eigenvalue weighted by atomic mass is 9.91. The quantitative estimate of drug-likeness (QED) is 0.151. The molecule has 0 radical (unpaired) electrons. The van der Waals surface area contributed by atoms with Crippen LogP contribution in [0.15, 0.2) is 24.3 Å². The minimum Gasteiger partial charge on any atom is -0.748 e. The molecular formula is C26H49NO7SSi. The second kappa shape index (κ2) is 15.2. The Bertz CT molecular complexity index is 882. The lowest BCUT2D eigenvalue weighted by Crippen LogP contribution is -2.49. The highest BCUT2D eigenvalue weighted by Crippen LogP contribution is 2.21. The van der Waals surface area contributed by atoms with Gasteiger partial charge in [0.15, 0.2) is 0 Å². The number of carbonyl (C=O) groups excluding carboxylic acids is 1. The van der Waals surface area contributed by atoms with Crippen molar-refractivity contribution in [3.63, 3.8) is 0 Å². The van der Waals surface area contributed by atoms with E-state index in [0.717, 1.165) is 0 Å². The van der Waals surface area contributed by atoms with Crippen LogP contribution in [-0.2, 0) is 28.5 Å². The van der Waals surface area contributed by atoms with E-state index in [0.29, 0.717) is 42.9 Å². The maximum Gasteiger partial charge on any atom is 0.368 e. The molecule has 0 aliphatic carbocycles. The molecule has 1 unspecified atom stereocenters. The van der Waals surface area contributed by atoms with Crippen molar-refractivity contribution >= 4 is 29.8 Å². The predicted octanol–water partition coefficient (Wildman–Crippen LogP) is 3.75. The summed E-state index contributed by atoms with van der Waals surface area (Å²) in [6.45, 7) is 13.6. The number of likely N-dealkylation sites (N-methyl/N-ethyl adjacent to an activating group) is 1. The third-order valence-electron chi connectivity index (χ3n) is 6.92. The SMILES string of the molecule is CCC(C)(C)C(=O)OCC[N+](C)(C)CCCS(=O)(=O)[O-].CCC(C)c1ccc([Si](C)(OC)OC)cc1. The topological polar surface area (TPSA) is 102 Å². The van der Waals surface area contributed by atoms with Gasteiger partial charge in [0.1, 0.15) is 13.2 Å². The summed E-state index contributed by atoms with van der Waals surface area (Å²) in [5.74, 6) is 0.0475. The summed E-state index contributed by atoms with van der Waals surface area (Å²) in [5, 5.41) is 1.18. The number of ether oxygens (including phenoxy) is 1. The molecule has 0 saturated carbocycles. The minimum absolute atomic E-state index is 0.220. The van der Waals surface area contributed by atoms with Crippen LogP contribution in [0, 0.1) is 5.41 Å². The van der Waals surface area contributed by atoms with Crippen LogP contribution in [0.4, 0.5) is 0 Å². The zero-order valence-electron chi connectivity index (χ0n) is 24.0. The van der Waals surface area contributed by atoms with Crippen molar-refractivity contribution in [3.05, 3.63) is 29.8 Å². The third-order valence-corrected chi connectivity index (χ3v) is 10.6. The van der Waals surface area contributed by atoms with Crippen molar-refractivity contribution in [2.45, 2.75) is 66.3 Å². The molecule has 0 N–H and O–H groups in total. The Hall–Kier alpha value is -1.30. The fraction of sp³-hybridized carbons (Fsp3) is 0.731. The Labute approximate surface area is 220 Å². The molecule has 0 amide bonds. The van der Waals surface area contributed by atoms with Crippen LogP contribution < -0.4 is 5.19 Å². The van der Waals surface area contributed by atoms with Crippen molar-refractivity contribution in [2.24, 2.45) is 5.41 Å². The van der Waals surface area contributed by atoms with E-state index in [4.69, 9.17) is 13.6 Å². The average Bonchev–Trinajstić information content (AvgIpc) is 2.82. The molecule has 0 aromatic heterocycles. The number of benzene rings is 1. The minimum atomic E-state index is -4.15. The van der Waals surface area contributed by atoms with Crippen molar-refractivity contribution in [1.29, 1.82) is 0 Å². The third kappa shape index (κ3) is 12.8. The van der Waals surface area contributed by atoms with E-state index in [-0.39, 0.29) is 11.7 Å². The summed E-state index contributed by atoms with van der Waals surface area (Å²) in [4.78, 5) is 11.8. The molecule has 0 heterocycles. The molecule has 10 heteroatoms. The highest BCUT2D eigenvalue weighted by Gasteiger charge is 2.31. The predicted molar refractivity (Wildman–Crippen MR) is 146 cm³/mol. The van der Waals surface area contributed by atoms with Gasteiger partial charge < -0.3 is 22.6 Å². The van der Waals surface area contributed by atoms with Crippen LogP contribution >= 0.6 is 0 Å². The fourth-order valence-electron chi connectivity index (χ4n) is 3.18. The Morgan fingerprint density at radius 2 is 1.61 bits per heavy atom. The van der Waals surface area contributed by atoms with Crippen molar-refractivity contribution in [1.82, 2.24) is 0 Å². The molecule has 0 aliphatic heterocycles. The van der Waals surface area contributed by atoms with Gasteiger partial charge in [-0.2, -0.15) is 0 Å². The van der Waals surface area contributed by atoms with E-state index in [9.17, 15) is 17.8 Å². The molecule has 1 atom stereocenters. The van der Waals surface area contributed by atoms with Gasteiger partial charge in [-0.05, 0) is 49.9 Å². The summed E-state index contributed by atoms with van der Waals surface area (Å²) in [5.41, 5.74) is 0.906. The lowest BCUT2D eigenvalue weighted by molar-refractivity contribution is -0.890. The van der Waals surface area contributed by atoms with E-state index in [1.54, 1.807) is 14.2 Å². The van der Waals surface area contributed by atoms with Gasteiger partial charge in [0.2, 0.25) is 0 Å². The molecule has 0 saturated heterocycles. The summed E-state index contributed by atoms with van der Waals surface area (Å²) in [6.07, 6.45) is 2.20. The number of carbonyl (C=O) groups is 1. The van der Waals surface area contributed by atoms with E-state index >= 15 is 0 Å². The van der Waals surface area contributed by atoms with E-state index < -0.39 is 24.1 Å². The van der Waals surface area contributed by atoms with E-state index in [2.05, 4.69) is 44.7 Å². The van der Waals surface area contributed by atoms with Gasteiger partial charge in [-0.1, -0.05) is 45.0 Å². The molecule has 8 nitrogen and oxygen atoms in total. The van der Waals surface area contributed by atoms with Gasteiger partial charge >= 0.3 is 14.5 Å². The molecule has 1 aromatic rings. The summed E-state index contributed by atoms with van der Waals surface area (Å²) < 4.78 is 48.4. The average molecular weight is 548 g/mol. The van der Waals surface area contributed by atoms with Gasteiger partial charge in [0, 0.05) is 26.4 Å². The smallest absolute Gasteiger partial charge is 0.368 e.